The quantitative estimate of drug-likeness (QED) is 0.804. The van der Waals surface area contributed by atoms with Crippen molar-refractivity contribution in [2.24, 2.45) is 4.99 Å². The van der Waals surface area contributed by atoms with Crippen molar-refractivity contribution in [2.75, 3.05) is 6.54 Å². The normalized spacial score (nSPS) is 22.5. The van der Waals surface area contributed by atoms with Crippen molar-refractivity contribution in [2.45, 2.75) is 12.3 Å². The molecule has 1 aliphatic rings. The van der Waals surface area contributed by atoms with Crippen LogP contribution in [0.3, 0.4) is 0 Å². The van der Waals surface area contributed by atoms with Crippen molar-refractivity contribution in [3.8, 4) is 0 Å². The summed E-state index contributed by atoms with van der Waals surface area (Å²) in [6.07, 6.45) is -1.68. The first-order chi connectivity index (χ1) is 9.34. The molecule has 3 heteroatoms. The molecule has 2 nitrogen and oxygen atoms in total. The minimum atomic E-state index is -1.10. The van der Waals surface area contributed by atoms with Crippen LogP contribution in [-0.2, 0) is 4.74 Å². The van der Waals surface area contributed by atoms with Crippen LogP contribution in [0.5, 0.6) is 0 Å². The zero-order chi connectivity index (χ0) is 13.1. The van der Waals surface area contributed by atoms with Crippen LogP contribution in [-0.4, -0.2) is 18.6 Å². The summed E-state index contributed by atoms with van der Waals surface area (Å²) in [4.78, 5) is 4.18. The predicted octanol–water partition coefficient (Wildman–Crippen LogP) is 3.54. The van der Waals surface area contributed by atoms with Gasteiger partial charge >= 0.3 is 0 Å². The molecule has 0 saturated heterocycles. The first-order valence-electron chi connectivity index (χ1n) is 6.30. The van der Waals surface area contributed by atoms with Crippen molar-refractivity contribution in [1.29, 1.82) is 0 Å². The van der Waals surface area contributed by atoms with E-state index in [1.165, 1.54) is 0 Å². The molecule has 0 bridgehead atoms. The Labute approximate surface area is 111 Å². The second-order valence-electron chi connectivity index (χ2n) is 4.48. The highest BCUT2D eigenvalue weighted by Gasteiger charge is 2.30. The van der Waals surface area contributed by atoms with E-state index < -0.39 is 12.3 Å². The van der Waals surface area contributed by atoms with Crippen LogP contribution in [0, 0.1) is 0 Å². The van der Waals surface area contributed by atoms with Crippen molar-refractivity contribution in [3.05, 3.63) is 71.8 Å². The van der Waals surface area contributed by atoms with Crippen LogP contribution in [0.15, 0.2) is 65.7 Å². The van der Waals surface area contributed by atoms with Crippen LogP contribution in [0.1, 0.15) is 17.2 Å². The number of alkyl halides is 1. The fourth-order valence-corrected chi connectivity index (χ4v) is 2.16. The van der Waals surface area contributed by atoms with Gasteiger partial charge in [0.25, 0.3) is 0 Å². The molecule has 2 unspecified atom stereocenters. The van der Waals surface area contributed by atoms with Crippen LogP contribution in [0.2, 0.25) is 0 Å². The summed E-state index contributed by atoms with van der Waals surface area (Å²) in [5, 5.41) is 0. The summed E-state index contributed by atoms with van der Waals surface area (Å²) in [7, 11) is 0. The highest BCUT2D eigenvalue weighted by atomic mass is 19.1. The summed E-state index contributed by atoms with van der Waals surface area (Å²) < 4.78 is 19.7. The summed E-state index contributed by atoms with van der Waals surface area (Å²) >= 11 is 0. The average molecular weight is 255 g/mol. The van der Waals surface area contributed by atoms with Gasteiger partial charge in [0.05, 0.1) is 6.54 Å². The standard InChI is InChI=1S/C16H14FNO/c17-14-11-18-16(13-9-5-2-6-10-13)19-15(14)12-7-3-1-4-8-12/h1-10,14-15H,11H2. The number of hydrogen-bond acceptors (Lipinski definition) is 2. The monoisotopic (exact) mass is 255 g/mol. The minimum Gasteiger partial charge on any atom is -0.466 e. The third-order valence-corrected chi connectivity index (χ3v) is 3.13. The number of hydrogen-bond donors (Lipinski definition) is 0. The number of ether oxygens (including phenoxy) is 1. The zero-order valence-corrected chi connectivity index (χ0v) is 10.4. The Balaban J connectivity index is 1.88. The Morgan fingerprint density at radius 1 is 0.947 bits per heavy atom. The van der Waals surface area contributed by atoms with Gasteiger partial charge in [-0.1, -0.05) is 48.5 Å². The van der Waals surface area contributed by atoms with E-state index in [-0.39, 0.29) is 6.54 Å². The van der Waals surface area contributed by atoms with Crippen LogP contribution in [0.4, 0.5) is 4.39 Å². The SMILES string of the molecule is FC1CN=C(c2ccccc2)OC1c1ccccc1. The van der Waals surface area contributed by atoms with E-state index in [1.807, 2.05) is 60.7 Å². The maximum atomic E-state index is 14.0. The first kappa shape index (κ1) is 11.9. The molecule has 0 fully saturated rings. The van der Waals surface area contributed by atoms with Gasteiger partial charge in [0.15, 0.2) is 12.3 Å². The highest BCUT2D eigenvalue weighted by Crippen LogP contribution is 2.28. The molecular formula is C16H14FNO. The third-order valence-electron chi connectivity index (χ3n) is 3.13. The lowest BCUT2D eigenvalue weighted by Gasteiger charge is -2.27. The fourth-order valence-electron chi connectivity index (χ4n) is 2.16. The molecule has 19 heavy (non-hydrogen) atoms. The highest BCUT2D eigenvalue weighted by molar-refractivity contribution is 5.94. The van der Waals surface area contributed by atoms with E-state index in [9.17, 15) is 4.39 Å². The molecule has 0 aliphatic carbocycles. The second-order valence-corrected chi connectivity index (χ2v) is 4.48. The summed E-state index contributed by atoms with van der Waals surface area (Å²) in [5.74, 6) is 0.517. The van der Waals surface area contributed by atoms with Crippen molar-refractivity contribution >= 4 is 5.90 Å². The van der Waals surface area contributed by atoms with E-state index in [4.69, 9.17) is 4.74 Å². The lowest BCUT2D eigenvalue weighted by molar-refractivity contribution is 0.0800. The molecule has 1 heterocycles. The Kier molecular flexibility index (Phi) is 3.27. The summed E-state index contributed by atoms with van der Waals surface area (Å²) in [6, 6.07) is 19.0. The molecule has 0 saturated carbocycles. The molecule has 2 aromatic rings. The Morgan fingerprint density at radius 3 is 2.26 bits per heavy atom. The lowest BCUT2D eigenvalue weighted by atomic mass is 10.0. The van der Waals surface area contributed by atoms with Crippen molar-refractivity contribution in [3.63, 3.8) is 0 Å². The van der Waals surface area contributed by atoms with Gasteiger partial charge in [0.1, 0.15) is 0 Å². The molecule has 96 valence electrons. The lowest BCUT2D eigenvalue weighted by Crippen LogP contribution is -2.29. The molecule has 0 radical (unpaired) electrons. The van der Waals surface area contributed by atoms with Gasteiger partial charge in [-0.15, -0.1) is 0 Å². The molecule has 0 aromatic heterocycles. The van der Waals surface area contributed by atoms with Crippen LogP contribution < -0.4 is 0 Å². The van der Waals surface area contributed by atoms with E-state index in [1.54, 1.807) is 0 Å². The smallest absolute Gasteiger partial charge is 0.216 e. The van der Waals surface area contributed by atoms with E-state index in [0.717, 1.165) is 11.1 Å². The van der Waals surface area contributed by atoms with Gasteiger partial charge in [0.2, 0.25) is 5.90 Å². The fraction of sp³-hybridized carbons (Fsp3) is 0.188. The van der Waals surface area contributed by atoms with Gasteiger partial charge in [-0.25, -0.2) is 9.38 Å². The second kappa shape index (κ2) is 5.22. The topological polar surface area (TPSA) is 21.6 Å². The largest absolute Gasteiger partial charge is 0.466 e. The third kappa shape index (κ3) is 2.50. The molecule has 0 N–H and O–H groups in total. The maximum Gasteiger partial charge on any atom is 0.216 e. The predicted molar refractivity (Wildman–Crippen MR) is 73.0 cm³/mol. The van der Waals surface area contributed by atoms with Crippen molar-refractivity contribution in [1.82, 2.24) is 0 Å². The van der Waals surface area contributed by atoms with Gasteiger partial charge in [-0.3, -0.25) is 0 Å². The van der Waals surface area contributed by atoms with E-state index in [0.29, 0.717) is 5.90 Å². The maximum absolute atomic E-state index is 14.0. The van der Waals surface area contributed by atoms with Gasteiger partial charge < -0.3 is 4.74 Å². The molecular weight excluding hydrogens is 241 g/mol. The molecule has 2 aromatic carbocycles. The molecule has 0 amide bonds. The molecule has 3 rings (SSSR count). The molecule has 0 spiro atoms. The average Bonchev–Trinajstić information content (AvgIpc) is 2.49. The summed E-state index contributed by atoms with van der Waals surface area (Å²) in [5.41, 5.74) is 1.73. The van der Waals surface area contributed by atoms with Gasteiger partial charge in [-0.05, 0) is 17.7 Å². The number of halogens is 1. The molecule has 2 atom stereocenters. The van der Waals surface area contributed by atoms with E-state index >= 15 is 0 Å². The van der Waals surface area contributed by atoms with Crippen molar-refractivity contribution < 1.29 is 9.13 Å². The van der Waals surface area contributed by atoms with Crippen LogP contribution >= 0.6 is 0 Å². The number of rotatable bonds is 2. The Bertz CT molecular complexity index is 568. The molecule has 1 aliphatic heterocycles. The van der Waals surface area contributed by atoms with E-state index in [2.05, 4.69) is 4.99 Å². The van der Waals surface area contributed by atoms with Gasteiger partial charge in [0, 0.05) is 5.56 Å². The van der Waals surface area contributed by atoms with Crippen LogP contribution in [0.25, 0.3) is 0 Å². The van der Waals surface area contributed by atoms with Gasteiger partial charge in [-0.2, -0.15) is 0 Å². The number of aliphatic imine (C=N–C) groups is 1. The Morgan fingerprint density at radius 2 is 1.58 bits per heavy atom. The first-order valence-corrected chi connectivity index (χ1v) is 6.30. The zero-order valence-electron chi connectivity index (χ0n) is 10.4. The summed E-state index contributed by atoms with van der Waals surface area (Å²) in [6.45, 7) is 0.143. The Hall–Kier alpha value is -2.16. The number of benzene rings is 2. The minimum absolute atomic E-state index is 0.143. The number of nitrogens with zero attached hydrogens (tertiary/aromatic N) is 1.